The number of piperazine rings is 1. The smallest absolute Gasteiger partial charge is 0.208 e. The van der Waals surface area contributed by atoms with Gasteiger partial charge in [0.25, 0.3) is 0 Å². The number of aliphatic imine (C=N–C) groups is 1. The van der Waals surface area contributed by atoms with Gasteiger partial charge in [0.1, 0.15) is 17.8 Å². The van der Waals surface area contributed by atoms with Crippen molar-refractivity contribution in [1.29, 1.82) is 5.26 Å². The van der Waals surface area contributed by atoms with Gasteiger partial charge in [-0.1, -0.05) is 0 Å². The third-order valence-corrected chi connectivity index (χ3v) is 5.51. The summed E-state index contributed by atoms with van der Waals surface area (Å²) in [6, 6.07) is 0.399. The largest absolute Gasteiger partial charge is 0.381 e. The predicted molar refractivity (Wildman–Crippen MR) is 107 cm³/mol. The molecule has 2 fully saturated rings. The summed E-state index contributed by atoms with van der Waals surface area (Å²) in [5.74, 6) is 1.64. The van der Waals surface area contributed by atoms with Crippen molar-refractivity contribution in [3.8, 4) is 6.19 Å². The molecule has 28 heavy (non-hydrogen) atoms. The molecule has 4 heterocycles. The molecule has 9 nitrogen and oxygen atoms in total. The number of aryl methyl sites for hydroxylation is 1. The van der Waals surface area contributed by atoms with Gasteiger partial charge in [0, 0.05) is 45.1 Å². The Hall–Kier alpha value is -2.86. The summed E-state index contributed by atoms with van der Waals surface area (Å²) in [6.07, 6.45) is 7.43. The number of rotatable bonds is 2. The number of aromatic nitrogens is 3. The minimum atomic E-state index is 0.192. The molecule has 2 N–H and O–H groups in total. The lowest BCUT2D eigenvalue weighted by molar-refractivity contribution is 0.0866. The van der Waals surface area contributed by atoms with Gasteiger partial charge in [0.15, 0.2) is 6.19 Å². The molecule has 0 amide bonds. The lowest BCUT2D eigenvalue weighted by atomic mass is 10.1. The van der Waals surface area contributed by atoms with E-state index in [2.05, 4.69) is 50.1 Å². The van der Waals surface area contributed by atoms with Gasteiger partial charge in [-0.05, 0) is 32.3 Å². The summed E-state index contributed by atoms with van der Waals surface area (Å²) in [4.78, 5) is 21.4. The topological polar surface area (TPSA) is 105 Å². The molecule has 2 aliphatic rings. The average molecular weight is 382 g/mol. The molecular weight excluding hydrogens is 356 g/mol. The zero-order valence-electron chi connectivity index (χ0n) is 16.4. The Balaban J connectivity index is 1.53. The van der Waals surface area contributed by atoms with E-state index in [1.165, 1.54) is 0 Å². The average Bonchev–Trinajstić information content (AvgIpc) is 3.10. The number of fused-ring (bicyclic) bond motifs is 1. The molecule has 1 unspecified atom stereocenters. The van der Waals surface area contributed by atoms with Crippen molar-refractivity contribution >= 4 is 22.8 Å². The number of ether oxygens (including phenoxy) is 1. The van der Waals surface area contributed by atoms with E-state index in [0.717, 1.165) is 68.1 Å². The van der Waals surface area contributed by atoms with Gasteiger partial charge >= 0.3 is 0 Å². The number of H-pyrrole nitrogens is 1. The van der Waals surface area contributed by atoms with Crippen LogP contribution in [0.5, 0.6) is 0 Å². The molecule has 0 saturated carbocycles. The third kappa shape index (κ3) is 3.60. The van der Waals surface area contributed by atoms with Crippen LogP contribution in [0.3, 0.4) is 0 Å². The molecule has 0 aliphatic carbocycles. The first-order chi connectivity index (χ1) is 13.7. The van der Waals surface area contributed by atoms with E-state index in [1.807, 2.05) is 6.20 Å². The van der Waals surface area contributed by atoms with Crippen LogP contribution in [-0.4, -0.2) is 70.7 Å². The molecular formula is C19H26N8O. The maximum absolute atomic E-state index is 9.21. The molecule has 148 valence electrons. The SMILES string of the molecule is Cc1c[nH]c2ncnc(N3CCN(C(=NC4CCOCC4)NC#N)C(C)C3)c12. The Morgan fingerprint density at radius 3 is 2.93 bits per heavy atom. The van der Waals surface area contributed by atoms with Gasteiger partial charge in [0.05, 0.1) is 11.4 Å². The molecule has 0 aromatic carbocycles. The molecule has 1 atom stereocenters. The number of aromatic amines is 1. The Kier molecular flexibility index (Phi) is 5.30. The van der Waals surface area contributed by atoms with Crippen LogP contribution in [-0.2, 0) is 4.74 Å². The second-order valence-electron chi connectivity index (χ2n) is 7.41. The number of nitrogens with zero attached hydrogens (tertiary/aromatic N) is 6. The lowest BCUT2D eigenvalue weighted by Gasteiger charge is -2.41. The van der Waals surface area contributed by atoms with Gasteiger partial charge < -0.3 is 19.5 Å². The molecule has 4 rings (SSSR count). The summed E-state index contributed by atoms with van der Waals surface area (Å²) < 4.78 is 5.42. The zero-order chi connectivity index (χ0) is 19.5. The number of anilines is 1. The molecule has 9 heteroatoms. The Labute approximate surface area is 164 Å². The highest BCUT2D eigenvalue weighted by Gasteiger charge is 2.29. The minimum Gasteiger partial charge on any atom is -0.381 e. The summed E-state index contributed by atoms with van der Waals surface area (Å²) in [5, 5.41) is 13.1. The van der Waals surface area contributed by atoms with Gasteiger partial charge in [-0.25, -0.2) is 15.0 Å². The number of guanidine groups is 1. The maximum atomic E-state index is 9.21. The van der Waals surface area contributed by atoms with Gasteiger partial charge in [-0.3, -0.25) is 5.32 Å². The van der Waals surface area contributed by atoms with Crippen molar-refractivity contribution in [3.05, 3.63) is 18.1 Å². The van der Waals surface area contributed by atoms with Crippen molar-refractivity contribution in [3.63, 3.8) is 0 Å². The first-order valence-corrected chi connectivity index (χ1v) is 9.78. The fraction of sp³-hybridized carbons (Fsp3) is 0.579. The van der Waals surface area contributed by atoms with E-state index in [9.17, 15) is 5.26 Å². The first-order valence-electron chi connectivity index (χ1n) is 9.78. The lowest BCUT2D eigenvalue weighted by Crippen LogP contribution is -2.57. The normalized spacial score (nSPS) is 21.8. The van der Waals surface area contributed by atoms with Crippen molar-refractivity contribution in [2.75, 3.05) is 37.7 Å². The standard InChI is InChI=1S/C19H26N8O/c1-13-9-21-17-16(13)18(24-12-23-17)26-5-6-27(14(2)10-26)19(22-11-20)25-15-3-7-28-8-4-15/h9,12,14-15H,3-8,10H2,1-2H3,(H,22,25)(H,21,23,24). The first kappa shape index (κ1) is 18.5. The van der Waals surface area contributed by atoms with Crippen LogP contribution in [0.1, 0.15) is 25.3 Å². The summed E-state index contributed by atoms with van der Waals surface area (Å²) >= 11 is 0. The predicted octanol–water partition coefficient (Wildman–Crippen LogP) is 1.38. The maximum Gasteiger partial charge on any atom is 0.208 e. The highest BCUT2D eigenvalue weighted by atomic mass is 16.5. The fourth-order valence-electron chi connectivity index (χ4n) is 4.02. The van der Waals surface area contributed by atoms with Gasteiger partial charge in [-0.15, -0.1) is 0 Å². The summed E-state index contributed by atoms with van der Waals surface area (Å²) in [5.41, 5.74) is 2.01. The van der Waals surface area contributed by atoms with Crippen LogP contribution < -0.4 is 10.2 Å². The van der Waals surface area contributed by atoms with Crippen LogP contribution in [0, 0.1) is 18.4 Å². The second kappa shape index (κ2) is 8.02. The van der Waals surface area contributed by atoms with Gasteiger partial charge in [0.2, 0.25) is 5.96 Å². The van der Waals surface area contributed by atoms with E-state index in [0.29, 0.717) is 5.96 Å². The van der Waals surface area contributed by atoms with Crippen LogP contribution in [0.4, 0.5) is 5.82 Å². The van der Waals surface area contributed by atoms with Crippen molar-refractivity contribution < 1.29 is 4.74 Å². The van der Waals surface area contributed by atoms with E-state index in [1.54, 1.807) is 6.33 Å². The molecule has 2 aliphatic heterocycles. The van der Waals surface area contributed by atoms with Crippen molar-refractivity contribution in [1.82, 2.24) is 25.2 Å². The Bertz CT molecular complexity index is 895. The van der Waals surface area contributed by atoms with Crippen molar-refractivity contribution in [2.24, 2.45) is 4.99 Å². The van der Waals surface area contributed by atoms with Gasteiger partial charge in [-0.2, -0.15) is 5.26 Å². The Morgan fingerprint density at radius 2 is 2.18 bits per heavy atom. The zero-order valence-corrected chi connectivity index (χ0v) is 16.4. The Morgan fingerprint density at radius 1 is 1.36 bits per heavy atom. The molecule has 0 bridgehead atoms. The highest BCUT2D eigenvalue weighted by Crippen LogP contribution is 2.27. The van der Waals surface area contributed by atoms with Crippen LogP contribution in [0.15, 0.2) is 17.5 Å². The summed E-state index contributed by atoms with van der Waals surface area (Å²) in [6.45, 7) is 8.08. The molecule has 2 saturated heterocycles. The highest BCUT2D eigenvalue weighted by molar-refractivity contribution is 5.90. The van der Waals surface area contributed by atoms with E-state index in [-0.39, 0.29) is 12.1 Å². The monoisotopic (exact) mass is 382 g/mol. The third-order valence-electron chi connectivity index (χ3n) is 5.51. The number of hydrogen-bond donors (Lipinski definition) is 2. The van der Waals surface area contributed by atoms with Crippen molar-refractivity contribution in [2.45, 2.75) is 38.8 Å². The second-order valence-corrected chi connectivity index (χ2v) is 7.41. The number of hydrogen-bond acceptors (Lipinski definition) is 6. The summed E-state index contributed by atoms with van der Waals surface area (Å²) in [7, 11) is 0. The van der Waals surface area contributed by atoms with E-state index in [4.69, 9.17) is 9.73 Å². The molecule has 0 spiro atoms. The fourth-order valence-corrected chi connectivity index (χ4v) is 4.02. The number of nitriles is 1. The molecule has 2 aromatic heterocycles. The van der Waals surface area contributed by atoms with E-state index < -0.39 is 0 Å². The number of nitrogens with one attached hydrogen (secondary N) is 2. The van der Waals surface area contributed by atoms with E-state index >= 15 is 0 Å². The molecule has 0 radical (unpaired) electrons. The minimum absolute atomic E-state index is 0.192. The van der Waals surface area contributed by atoms with Crippen LogP contribution in [0.25, 0.3) is 11.0 Å². The quantitative estimate of drug-likeness (QED) is 0.350. The molecule has 2 aromatic rings. The van der Waals surface area contributed by atoms with Crippen LogP contribution in [0.2, 0.25) is 0 Å². The van der Waals surface area contributed by atoms with Crippen LogP contribution >= 0.6 is 0 Å².